The minimum absolute atomic E-state index is 0.142. The third-order valence-electron chi connectivity index (χ3n) is 1.69. The molecule has 0 saturated heterocycles. The highest BCUT2D eigenvalue weighted by Gasteiger charge is 2.11. The Labute approximate surface area is 77.1 Å². The van der Waals surface area contributed by atoms with Crippen molar-refractivity contribution in [2.75, 3.05) is 0 Å². The number of ether oxygens (including phenoxy) is 1. The summed E-state index contributed by atoms with van der Waals surface area (Å²) in [6, 6.07) is 2.47. The second-order valence-electron chi connectivity index (χ2n) is 2.62. The van der Waals surface area contributed by atoms with Gasteiger partial charge in [0.1, 0.15) is 11.3 Å². The van der Waals surface area contributed by atoms with Crippen molar-refractivity contribution >= 4 is 11.0 Å². The number of phenols is 1. The van der Waals surface area contributed by atoms with Crippen LogP contribution in [-0.2, 0) is 0 Å². The molecule has 0 fully saturated rings. The molecule has 0 atom stereocenters. The number of rotatable bonds is 2. The summed E-state index contributed by atoms with van der Waals surface area (Å²) in [7, 11) is 0. The fraction of sp³-hybridized carbons (Fsp3) is 0.125. The molecule has 1 aromatic heterocycles. The van der Waals surface area contributed by atoms with Gasteiger partial charge in [-0.25, -0.2) is 4.98 Å². The minimum Gasteiger partial charge on any atom is -0.508 e. The van der Waals surface area contributed by atoms with Crippen molar-refractivity contribution in [3.8, 4) is 11.5 Å². The van der Waals surface area contributed by atoms with E-state index < -0.39 is 6.61 Å². The molecule has 2 aromatic rings. The first kappa shape index (κ1) is 8.74. The van der Waals surface area contributed by atoms with Crippen LogP contribution in [0.15, 0.2) is 18.5 Å². The number of nitrogens with one attached hydrogen (secondary N) is 1. The van der Waals surface area contributed by atoms with E-state index in [1.807, 2.05) is 0 Å². The number of hydrogen-bond acceptors (Lipinski definition) is 3. The lowest BCUT2D eigenvalue weighted by molar-refractivity contribution is -0.0489. The molecular formula is C8H6F2N2O2. The van der Waals surface area contributed by atoms with Gasteiger partial charge in [-0.3, -0.25) is 0 Å². The highest BCUT2D eigenvalue weighted by Crippen LogP contribution is 2.29. The number of phenolic OH excluding ortho intramolecular Hbond substituents is 1. The maximum absolute atomic E-state index is 11.9. The van der Waals surface area contributed by atoms with Gasteiger partial charge in [-0.1, -0.05) is 0 Å². The van der Waals surface area contributed by atoms with E-state index in [0.717, 1.165) is 6.07 Å². The van der Waals surface area contributed by atoms with Crippen molar-refractivity contribution in [2.24, 2.45) is 0 Å². The van der Waals surface area contributed by atoms with E-state index in [2.05, 4.69) is 14.7 Å². The third-order valence-corrected chi connectivity index (χ3v) is 1.69. The number of aromatic amines is 1. The van der Waals surface area contributed by atoms with Crippen LogP contribution in [0.1, 0.15) is 0 Å². The number of benzene rings is 1. The lowest BCUT2D eigenvalue weighted by Gasteiger charge is -2.04. The monoisotopic (exact) mass is 200 g/mol. The Kier molecular flexibility index (Phi) is 1.95. The van der Waals surface area contributed by atoms with Gasteiger partial charge in [-0.15, -0.1) is 0 Å². The number of aromatic hydroxyl groups is 1. The van der Waals surface area contributed by atoms with Gasteiger partial charge in [0.25, 0.3) is 0 Å². The summed E-state index contributed by atoms with van der Waals surface area (Å²) >= 11 is 0. The first-order valence-corrected chi connectivity index (χ1v) is 3.78. The summed E-state index contributed by atoms with van der Waals surface area (Å²) in [6.45, 7) is -2.93. The molecule has 0 aliphatic rings. The Morgan fingerprint density at radius 1 is 1.43 bits per heavy atom. The van der Waals surface area contributed by atoms with Crippen LogP contribution in [0.5, 0.6) is 11.5 Å². The van der Waals surface area contributed by atoms with E-state index in [-0.39, 0.29) is 17.0 Å². The second kappa shape index (κ2) is 3.13. The zero-order chi connectivity index (χ0) is 10.1. The molecule has 0 aliphatic carbocycles. The van der Waals surface area contributed by atoms with Crippen LogP contribution in [0.3, 0.4) is 0 Å². The Hall–Kier alpha value is -1.85. The van der Waals surface area contributed by atoms with E-state index in [1.165, 1.54) is 12.4 Å². The fourth-order valence-corrected chi connectivity index (χ4v) is 1.19. The van der Waals surface area contributed by atoms with Crippen molar-refractivity contribution in [3.63, 3.8) is 0 Å². The predicted molar refractivity (Wildman–Crippen MR) is 44.4 cm³/mol. The number of imidazole rings is 1. The molecule has 1 aromatic carbocycles. The number of aromatic nitrogens is 2. The molecule has 1 heterocycles. The molecule has 4 nitrogen and oxygen atoms in total. The molecule has 2 rings (SSSR count). The second-order valence-corrected chi connectivity index (χ2v) is 2.62. The number of halogens is 2. The Bertz CT molecular complexity index is 456. The van der Waals surface area contributed by atoms with E-state index in [1.54, 1.807) is 0 Å². The number of H-pyrrole nitrogens is 1. The van der Waals surface area contributed by atoms with Gasteiger partial charge >= 0.3 is 6.61 Å². The highest BCUT2D eigenvalue weighted by atomic mass is 19.3. The average molecular weight is 200 g/mol. The number of fused-ring (bicyclic) bond motifs is 1. The summed E-state index contributed by atoms with van der Waals surface area (Å²) in [6.07, 6.45) is 1.34. The van der Waals surface area contributed by atoms with Crippen LogP contribution in [0.25, 0.3) is 11.0 Å². The molecule has 2 N–H and O–H groups in total. The van der Waals surface area contributed by atoms with E-state index >= 15 is 0 Å². The van der Waals surface area contributed by atoms with Crippen LogP contribution in [-0.4, -0.2) is 21.7 Å². The first-order valence-electron chi connectivity index (χ1n) is 3.78. The van der Waals surface area contributed by atoms with Crippen molar-refractivity contribution in [1.29, 1.82) is 0 Å². The molecular weight excluding hydrogens is 194 g/mol. The van der Waals surface area contributed by atoms with Crippen LogP contribution in [0, 0.1) is 0 Å². The summed E-state index contributed by atoms with van der Waals surface area (Å²) in [5.41, 5.74) is 0.712. The van der Waals surface area contributed by atoms with E-state index in [0.29, 0.717) is 5.52 Å². The van der Waals surface area contributed by atoms with Gasteiger partial charge in [0.15, 0.2) is 5.75 Å². The quantitative estimate of drug-likeness (QED) is 0.777. The van der Waals surface area contributed by atoms with Gasteiger partial charge in [0.2, 0.25) is 0 Å². The van der Waals surface area contributed by atoms with E-state index in [9.17, 15) is 8.78 Å². The SMILES string of the molecule is Oc1cc(OC(F)F)c2nc[nH]c2c1. The molecule has 0 spiro atoms. The molecule has 0 amide bonds. The maximum Gasteiger partial charge on any atom is 0.387 e. The first-order chi connectivity index (χ1) is 6.66. The third kappa shape index (κ3) is 1.46. The topological polar surface area (TPSA) is 58.1 Å². The minimum atomic E-state index is -2.93. The zero-order valence-electron chi connectivity index (χ0n) is 6.87. The van der Waals surface area contributed by atoms with E-state index in [4.69, 9.17) is 5.11 Å². The number of hydrogen-bond donors (Lipinski definition) is 2. The Morgan fingerprint density at radius 2 is 2.21 bits per heavy atom. The summed E-state index contributed by atoms with van der Waals surface area (Å²) in [5.74, 6) is -0.298. The van der Waals surface area contributed by atoms with Crippen LogP contribution in [0.4, 0.5) is 8.78 Å². The lowest BCUT2D eigenvalue weighted by Crippen LogP contribution is -2.02. The normalized spacial score (nSPS) is 11.1. The van der Waals surface area contributed by atoms with Gasteiger partial charge in [-0.2, -0.15) is 8.78 Å². The van der Waals surface area contributed by atoms with Gasteiger partial charge in [-0.05, 0) is 0 Å². The van der Waals surface area contributed by atoms with Crippen molar-refractivity contribution in [1.82, 2.24) is 9.97 Å². The largest absolute Gasteiger partial charge is 0.508 e. The molecule has 0 radical (unpaired) electrons. The van der Waals surface area contributed by atoms with Crippen molar-refractivity contribution in [2.45, 2.75) is 6.61 Å². The standard InChI is InChI=1S/C8H6F2N2O2/c9-8(10)14-6-2-4(13)1-5-7(6)12-3-11-5/h1-3,8,13H,(H,11,12). The van der Waals surface area contributed by atoms with Crippen LogP contribution >= 0.6 is 0 Å². The van der Waals surface area contributed by atoms with Gasteiger partial charge < -0.3 is 14.8 Å². The van der Waals surface area contributed by atoms with Crippen molar-refractivity contribution in [3.05, 3.63) is 18.5 Å². The van der Waals surface area contributed by atoms with Crippen LogP contribution in [0.2, 0.25) is 0 Å². The fourth-order valence-electron chi connectivity index (χ4n) is 1.19. The van der Waals surface area contributed by atoms with Crippen LogP contribution < -0.4 is 4.74 Å². The highest BCUT2D eigenvalue weighted by molar-refractivity contribution is 5.82. The number of nitrogens with zero attached hydrogens (tertiary/aromatic N) is 1. The summed E-state index contributed by atoms with van der Waals surface area (Å²) < 4.78 is 28.1. The Morgan fingerprint density at radius 3 is 2.93 bits per heavy atom. The molecule has 0 unspecified atom stereocenters. The lowest BCUT2D eigenvalue weighted by atomic mass is 10.3. The van der Waals surface area contributed by atoms with Gasteiger partial charge in [0.05, 0.1) is 11.8 Å². The predicted octanol–water partition coefficient (Wildman–Crippen LogP) is 1.87. The zero-order valence-corrected chi connectivity index (χ0v) is 6.87. The van der Waals surface area contributed by atoms with Gasteiger partial charge in [0, 0.05) is 12.1 Å². The summed E-state index contributed by atoms with van der Waals surface area (Å²) in [5, 5.41) is 9.17. The molecule has 0 saturated carbocycles. The smallest absolute Gasteiger partial charge is 0.387 e. The maximum atomic E-state index is 11.9. The Balaban J connectivity index is 2.55. The number of alkyl halides is 2. The summed E-state index contributed by atoms with van der Waals surface area (Å²) in [4.78, 5) is 6.47. The molecule has 14 heavy (non-hydrogen) atoms. The van der Waals surface area contributed by atoms with Crippen molar-refractivity contribution < 1.29 is 18.6 Å². The molecule has 6 heteroatoms. The molecule has 0 aliphatic heterocycles. The molecule has 74 valence electrons. The average Bonchev–Trinajstić information content (AvgIpc) is 2.50. The molecule has 0 bridgehead atoms.